The van der Waals surface area contributed by atoms with Crippen LogP contribution in [0.5, 0.6) is 0 Å². The highest BCUT2D eigenvalue weighted by molar-refractivity contribution is 5.84. The van der Waals surface area contributed by atoms with Gasteiger partial charge >= 0.3 is 5.97 Å². The first-order valence-electron chi connectivity index (χ1n) is 6.48. The Hall–Kier alpha value is -1.84. The van der Waals surface area contributed by atoms with E-state index in [0.717, 1.165) is 12.8 Å². The van der Waals surface area contributed by atoms with E-state index in [9.17, 15) is 9.59 Å². The summed E-state index contributed by atoms with van der Waals surface area (Å²) in [6, 6.07) is 8.23. The third kappa shape index (κ3) is 3.13. The average Bonchev–Trinajstić information content (AvgIpc) is 2.69. The monoisotopic (exact) mass is 261 g/mol. The minimum Gasteiger partial charge on any atom is -0.481 e. The van der Waals surface area contributed by atoms with Gasteiger partial charge in [0.1, 0.15) is 0 Å². The summed E-state index contributed by atoms with van der Waals surface area (Å²) in [5, 5.41) is 11.9. The number of rotatable bonds is 4. The summed E-state index contributed by atoms with van der Waals surface area (Å²) in [4.78, 5) is 22.9. The van der Waals surface area contributed by atoms with Gasteiger partial charge < -0.3 is 10.4 Å². The smallest absolute Gasteiger partial charge is 0.309 e. The number of aliphatic carboxylic acids is 1. The van der Waals surface area contributed by atoms with Gasteiger partial charge in [0, 0.05) is 12.5 Å². The molecule has 102 valence electrons. The van der Waals surface area contributed by atoms with Crippen molar-refractivity contribution in [1.29, 1.82) is 0 Å². The molecule has 4 heteroatoms. The van der Waals surface area contributed by atoms with Gasteiger partial charge in [-0.15, -0.1) is 0 Å². The van der Waals surface area contributed by atoms with Crippen LogP contribution in [0, 0.1) is 5.41 Å². The Morgan fingerprint density at radius 3 is 2.26 bits per heavy atom. The molecule has 1 aromatic carbocycles. The molecule has 1 aliphatic rings. The molecule has 0 atom stereocenters. The van der Waals surface area contributed by atoms with E-state index < -0.39 is 11.4 Å². The summed E-state index contributed by atoms with van der Waals surface area (Å²) < 4.78 is 0. The van der Waals surface area contributed by atoms with E-state index in [-0.39, 0.29) is 18.4 Å². The Morgan fingerprint density at radius 2 is 1.79 bits per heavy atom. The van der Waals surface area contributed by atoms with Gasteiger partial charge in [-0.05, 0) is 37.8 Å². The molecule has 0 radical (unpaired) electrons. The summed E-state index contributed by atoms with van der Waals surface area (Å²) in [5.74, 6) is -1.14. The molecule has 0 saturated heterocycles. The van der Waals surface area contributed by atoms with Gasteiger partial charge in [0.15, 0.2) is 0 Å². The lowest BCUT2D eigenvalue weighted by atomic mass is 9.89. The number of hydrogen-bond acceptors (Lipinski definition) is 2. The van der Waals surface area contributed by atoms with E-state index >= 15 is 0 Å². The Kier molecular flexibility index (Phi) is 3.60. The summed E-state index contributed by atoms with van der Waals surface area (Å²) in [6.07, 6.45) is 1.67. The zero-order valence-corrected chi connectivity index (χ0v) is 11.3. The van der Waals surface area contributed by atoms with Crippen LogP contribution in [-0.2, 0) is 22.4 Å². The minimum absolute atomic E-state index is 0.00911. The van der Waals surface area contributed by atoms with E-state index in [1.54, 1.807) is 13.8 Å². The highest BCUT2D eigenvalue weighted by Crippen LogP contribution is 2.23. The van der Waals surface area contributed by atoms with Crippen molar-refractivity contribution in [2.75, 3.05) is 0 Å². The van der Waals surface area contributed by atoms with Crippen LogP contribution in [0.1, 0.15) is 31.4 Å². The van der Waals surface area contributed by atoms with Crippen molar-refractivity contribution in [3.8, 4) is 0 Å². The zero-order chi connectivity index (χ0) is 14.0. The van der Waals surface area contributed by atoms with Crippen molar-refractivity contribution in [1.82, 2.24) is 5.32 Å². The Bertz CT molecular complexity index is 483. The molecular formula is C15H19NO3. The summed E-state index contributed by atoms with van der Waals surface area (Å²) in [6.45, 7) is 3.14. The molecular weight excluding hydrogens is 242 g/mol. The molecule has 1 aromatic rings. The van der Waals surface area contributed by atoms with E-state index in [0.29, 0.717) is 0 Å². The molecule has 0 aromatic heterocycles. The Labute approximate surface area is 112 Å². The molecule has 19 heavy (non-hydrogen) atoms. The highest BCUT2D eigenvalue weighted by atomic mass is 16.4. The molecule has 0 bridgehead atoms. The zero-order valence-electron chi connectivity index (χ0n) is 11.3. The van der Waals surface area contributed by atoms with Gasteiger partial charge in [0.05, 0.1) is 5.41 Å². The number of hydrogen-bond donors (Lipinski definition) is 2. The van der Waals surface area contributed by atoms with E-state index in [1.807, 2.05) is 12.1 Å². The summed E-state index contributed by atoms with van der Waals surface area (Å²) in [7, 11) is 0. The number of nitrogens with one attached hydrogen (secondary N) is 1. The van der Waals surface area contributed by atoms with Crippen LogP contribution in [0.25, 0.3) is 0 Å². The largest absolute Gasteiger partial charge is 0.481 e. The second-order valence-corrected chi connectivity index (χ2v) is 5.81. The lowest BCUT2D eigenvalue weighted by Crippen LogP contribution is -2.39. The van der Waals surface area contributed by atoms with E-state index in [4.69, 9.17) is 5.11 Å². The van der Waals surface area contributed by atoms with Gasteiger partial charge in [-0.3, -0.25) is 9.59 Å². The molecule has 1 aliphatic carbocycles. The van der Waals surface area contributed by atoms with Crippen molar-refractivity contribution < 1.29 is 14.7 Å². The number of benzene rings is 1. The highest BCUT2D eigenvalue weighted by Gasteiger charge is 2.31. The maximum Gasteiger partial charge on any atom is 0.309 e. The third-order valence-electron chi connectivity index (χ3n) is 3.60. The molecule has 4 nitrogen and oxygen atoms in total. The first kappa shape index (κ1) is 13.6. The summed E-state index contributed by atoms with van der Waals surface area (Å²) >= 11 is 0. The lowest BCUT2D eigenvalue weighted by Gasteiger charge is -2.20. The van der Waals surface area contributed by atoms with Gasteiger partial charge in [-0.1, -0.05) is 24.3 Å². The van der Waals surface area contributed by atoms with Crippen LogP contribution in [0.3, 0.4) is 0 Å². The van der Waals surface area contributed by atoms with Crippen LogP contribution in [0.2, 0.25) is 0 Å². The lowest BCUT2D eigenvalue weighted by molar-refractivity contribution is -0.149. The number of carboxylic acids is 1. The quantitative estimate of drug-likeness (QED) is 0.868. The third-order valence-corrected chi connectivity index (χ3v) is 3.60. The SMILES string of the molecule is CC(C)(CC(=O)NC1Cc2ccccc2C1)C(=O)O. The normalized spacial score (nSPS) is 15.1. The molecule has 0 unspecified atom stereocenters. The van der Waals surface area contributed by atoms with Crippen molar-refractivity contribution in [2.45, 2.75) is 39.2 Å². The van der Waals surface area contributed by atoms with Gasteiger partial charge in [0.2, 0.25) is 5.91 Å². The first-order valence-corrected chi connectivity index (χ1v) is 6.48. The number of carbonyl (C=O) groups is 2. The minimum atomic E-state index is -1.02. The molecule has 0 fully saturated rings. The predicted molar refractivity (Wildman–Crippen MR) is 71.8 cm³/mol. The first-order chi connectivity index (χ1) is 8.88. The van der Waals surface area contributed by atoms with Crippen LogP contribution >= 0.6 is 0 Å². The number of amides is 1. The average molecular weight is 261 g/mol. The molecule has 2 rings (SSSR count). The number of fused-ring (bicyclic) bond motifs is 1. The van der Waals surface area contributed by atoms with Crippen molar-refractivity contribution in [2.24, 2.45) is 5.41 Å². The fraction of sp³-hybridized carbons (Fsp3) is 0.467. The van der Waals surface area contributed by atoms with E-state index in [2.05, 4.69) is 17.4 Å². The molecule has 2 N–H and O–H groups in total. The van der Waals surface area contributed by atoms with Crippen molar-refractivity contribution in [3.63, 3.8) is 0 Å². The van der Waals surface area contributed by atoms with Crippen LogP contribution in [0.15, 0.2) is 24.3 Å². The van der Waals surface area contributed by atoms with E-state index in [1.165, 1.54) is 11.1 Å². The maximum absolute atomic E-state index is 11.9. The fourth-order valence-electron chi connectivity index (χ4n) is 2.42. The fourth-order valence-corrected chi connectivity index (χ4v) is 2.42. The predicted octanol–water partition coefficient (Wildman–Crippen LogP) is 1.77. The molecule has 0 aliphatic heterocycles. The topological polar surface area (TPSA) is 66.4 Å². The Morgan fingerprint density at radius 1 is 1.26 bits per heavy atom. The van der Waals surface area contributed by atoms with Gasteiger partial charge in [-0.25, -0.2) is 0 Å². The molecule has 0 spiro atoms. The van der Waals surface area contributed by atoms with Crippen molar-refractivity contribution >= 4 is 11.9 Å². The Balaban J connectivity index is 1.91. The number of carboxylic acid groups (broad SMARTS) is 1. The molecule has 0 saturated carbocycles. The molecule has 1 amide bonds. The van der Waals surface area contributed by atoms with Crippen LogP contribution in [0.4, 0.5) is 0 Å². The summed E-state index contributed by atoms with van der Waals surface area (Å²) in [5.41, 5.74) is 1.52. The molecule has 0 heterocycles. The van der Waals surface area contributed by atoms with Crippen molar-refractivity contribution in [3.05, 3.63) is 35.4 Å². The second kappa shape index (κ2) is 5.03. The number of carbonyl (C=O) groups excluding carboxylic acids is 1. The van der Waals surface area contributed by atoms with Crippen LogP contribution in [-0.4, -0.2) is 23.0 Å². The van der Waals surface area contributed by atoms with Crippen LogP contribution < -0.4 is 5.32 Å². The van der Waals surface area contributed by atoms with Gasteiger partial charge in [-0.2, -0.15) is 0 Å². The van der Waals surface area contributed by atoms with Gasteiger partial charge in [0.25, 0.3) is 0 Å². The second-order valence-electron chi connectivity index (χ2n) is 5.81. The maximum atomic E-state index is 11.9. The standard InChI is InChI=1S/C15H19NO3/c1-15(2,14(18)19)9-13(17)16-12-7-10-5-3-4-6-11(10)8-12/h3-6,12H,7-9H2,1-2H3,(H,16,17)(H,18,19).